The van der Waals surface area contributed by atoms with Gasteiger partial charge < -0.3 is 35.0 Å². The maximum atomic E-state index is 13.8. The van der Waals surface area contributed by atoms with Crippen LogP contribution in [0.5, 0.6) is 0 Å². The molecular weight excluding hydrogens is 592 g/mol. The Morgan fingerprint density at radius 2 is 1.63 bits per heavy atom. The van der Waals surface area contributed by atoms with Gasteiger partial charge in [-0.15, -0.1) is 0 Å². The molecule has 0 unspecified atom stereocenters. The lowest BCUT2D eigenvalue weighted by atomic mass is 9.93. The number of nitrogens with one attached hydrogen (secondary N) is 2. The smallest absolute Gasteiger partial charge is 0.409 e. The minimum absolute atomic E-state index is 0.0176. The van der Waals surface area contributed by atoms with E-state index in [0.29, 0.717) is 24.5 Å². The van der Waals surface area contributed by atoms with Crippen LogP contribution in [-0.4, -0.2) is 105 Å². The summed E-state index contributed by atoms with van der Waals surface area (Å²) in [6.07, 6.45) is 2.06. The molecule has 0 spiro atoms. The summed E-state index contributed by atoms with van der Waals surface area (Å²) in [7, 11) is 0. The molecule has 3 N–H and O–H groups in total. The summed E-state index contributed by atoms with van der Waals surface area (Å²) in [6.45, 7) is 8.37. The Hall–Kier alpha value is -4.26. The average Bonchev–Trinajstić information content (AvgIpc) is 3.03. The number of hydrogen-bond donors (Lipinski definition) is 3. The third kappa shape index (κ3) is 10.1. The molecule has 1 aliphatic heterocycles. The topological polar surface area (TPSA) is 163 Å². The van der Waals surface area contributed by atoms with Crippen LogP contribution in [0.4, 0.5) is 10.6 Å². The number of carbonyl (C=O) groups excluding carboxylic acids is 4. The number of rotatable bonds is 10. The number of ether oxygens (including phenoxy) is 2. The summed E-state index contributed by atoms with van der Waals surface area (Å²) in [5.41, 5.74) is 0.0865. The molecule has 250 valence electrons. The van der Waals surface area contributed by atoms with Crippen LogP contribution in [0.1, 0.15) is 76.7 Å². The number of aliphatic hydroxyl groups is 1. The summed E-state index contributed by atoms with van der Waals surface area (Å²) in [4.78, 5) is 64.6. The lowest BCUT2D eigenvalue weighted by Gasteiger charge is -2.36. The van der Waals surface area contributed by atoms with Crippen molar-refractivity contribution in [3.63, 3.8) is 0 Å². The fourth-order valence-electron chi connectivity index (χ4n) is 5.47. The third-order valence-corrected chi connectivity index (χ3v) is 7.82. The van der Waals surface area contributed by atoms with Gasteiger partial charge in [0.05, 0.1) is 12.7 Å². The number of piperazine rings is 1. The molecular formula is C33H46N6O7. The van der Waals surface area contributed by atoms with Crippen molar-refractivity contribution >= 4 is 29.7 Å². The Morgan fingerprint density at radius 1 is 0.978 bits per heavy atom. The van der Waals surface area contributed by atoms with Gasteiger partial charge in [0, 0.05) is 50.3 Å². The number of anilines is 1. The molecule has 46 heavy (non-hydrogen) atoms. The number of amides is 3. The Balaban J connectivity index is 1.54. The van der Waals surface area contributed by atoms with Crippen molar-refractivity contribution in [1.82, 2.24) is 25.1 Å². The number of aromatic nitrogens is 2. The standard InChI is InChI=1S/C33H46N6O7/c1-5-45-32(44)39-19-17-38(18-20-39)31(43)25(15-16-28(41)46-33(2,3)4)36-30(42)26-21-27(34-23-11-13-24(40)14-12-23)37-29(35-26)22-9-7-6-8-10-22/h6-10,21,23-25,40H,5,11-20H2,1-4H3,(H,36,42)(H,34,35,37)/t23-,24-,25-/m0/s1. The van der Waals surface area contributed by atoms with Gasteiger partial charge in [-0.3, -0.25) is 14.4 Å². The van der Waals surface area contributed by atoms with Gasteiger partial charge in [0.25, 0.3) is 5.91 Å². The second kappa shape index (κ2) is 15.8. The van der Waals surface area contributed by atoms with E-state index in [2.05, 4.69) is 20.6 Å². The van der Waals surface area contributed by atoms with Gasteiger partial charge in [0.15, 0.2) is 5.82 Å². The predicted octanol–water partition coefficient (Wildman–Crippen LogP) is 3.38. The Morgan fingerprint density at radius 3 is 2.26 bits per heavy atom. The molecule has 1 atom stereocenters. The number of hydrogen-bond acceptors (Lipinski definition) is 10. The highest BCUT2D eigenvalue weighted by Crippen LogP contribution is 2.24. The molecule has 13 heteroatoms. The van der Waals surface area contributed by atoms with Crippen LogP contribution in [-0.2, 0) is 19.1 Å². The van der Waals surface area contributed by atoms with Crippen LogP contribution in [0.25, 0.3) is 11.4 Å². The van der Waals surface area contributed by atoms with Crippen molar-refractivity contribution in [1.29, 1.82) is 0 Å². The van der Waals surface area contributed by atoms with Crippen molar-refractivity contribution < 1.29 is 33.8 Å². The summed E-state index contributed by atoms with van der Waals surface area (Å²) < 4.78 is 10.5. The monoisotopic (exact) mass is 638 g/mol. The quantitative estimate of drug-likeness (QED) is 0.329. The van der Waals surface area contributed by atoms with Crippen LogP contribution in [0.3, 0.4) is 0 Å². The highest BCUT2D eigenvalue weighted by Gasteiger charge is 2.32. The molecule has 2 heterocycles. The predicted molar refractivity (Wildman–Crippen MR) is 171 cm³/mol. The van der Waals surface area contributed by atoms with Crippen LogP contribution in [0, 0.1) is 0 Å². The fourth-order valence-corrected chi connectivity index (χ4v) is 5.47. The van der Waals surface area contributed by atoms with Gasteiger partial charge in [-0.2, -0.15) is 0 Å². The van der Waals surface area contributed by atoms with Crippen molar-refractivity contribution in [3.8, 4) is 11.4 Å². The highest BCUT2D eigenvalue weighted by atomic mass is 16.6. The van der Waals surface area contributed by atoms with Gasteiger partial charge in [0.2, 0.25) is 5.91 Å². The summed E-state index contributed by atoms with van der Waals surface area (Å²) in [6, 6.07) is 9.87. The first-order chi connectivity index (χ1) is 21.9. The largest absolute Gasteiger partial charge is 0.460 e. The lowest BCUT2D eigenvalue weighted by Crippen LogP contribution is -2.56. The van der Waals surface area contributed by atoms with E-state index < -0.39 is 29.6 Å². The molecule has 1 aromatic carbocycles. The van der Waals surface area contributed by atoms with E-state index in [9.17, 15) is 24.3 Å². The third-order valence-electron chi connectivity index (χ3n) is 7.82. The van der Waals surface area contributed by atoms with Gasteiger partial charge in [-0.05, 0) is 59.8 Å². The minimum atomic E-state index is -1.04. The lowest BCUT2D eigenvalue weighted by molar-refractivity contribution is -0.155. The Bertz CT molecular complexity index is 1350. The SMILES string of the molecule is CCOC(=O)N1CCN(C(=O)[C@H](CCC(=O)OC(C)(C)C)NC(=O)c2cc(N[C@H]3CC[C@H](O)CC3)nc(-c3ccccc3)n2)CC1. The maximum absolute atomic E-state index is 13.8. The van der Waals surface area contributed by atoms with E-state index in [1.807, 2.05) is 30.3 Å². The highest BCUT2D eigenvalue weighted by molar-refractivity contribution is 5.97. The van der Waals surface area contributed by atoms with Gasteiger partial charge in [-0.25, -0.2) is 14.8 Å². The summed E-state index contributed by atoms with van der Waals surface area (Å²) in [5.74, 6) is -0.624. The van der Waals surface area contributed by atoms with E-state index in [1.54, 1.807) is 38.7 Å². The molecule has 1 aliphatic carbocycles. The van der Waals surface area contributed by atoms with Crippen LogP contribution in [0.15, 0.2) is 36.4 Å². The molecule has 2 aliphatic rings. The number of esters is 1. The van der Waals surface area contributed by atoms with E-state index in [4.69, 9.17) is 9.47 Å². The van der Waals surface area contributed by atoms with E-state index in [0.717, 1.165) is 18.4 Å². The summed E-state index contributed by atoms with van der Waals surface area (Å²) >= 11 is 0. The Kier molecular flexibility index (Phi) is 11.9. The second-order valence-corrected chi connectivity index (χ2v) is 12.6. The number of aliphatic hydroxyl groups excluding tert-OH is 1. The first-order valence-electron chi connectivity index (χ1n) is 16.0. The van der Waals surface area contributed by atoms with Crippen LogP contribution in [0.2, 0.25) is 0 Å². The molecule has 0 bridgehead atoms. The van der Waals surface area contributed by atoms with Gasteiger partial charge >= 0.3 is 12.1 Å². The molecule has 1 saturated carbocycles. The maximum Gasteiger partial charge on any atom is 0.409 e. The van der Waals surface area contributed by atoms with Crippen LogP contribution < -0.4 is 10.6 Å². The average molecular weight is 639 g/mol. The van der Waals surface area contributed by atoms with Gasteiger partial charge in [0.1, 0.15) is 23.2 Å². The Labute approximate surface area is 270 Å². The van der Waals surface area contributed by atoms with Crippen molar-refractivity contribution in [3.05, 3.63) is 42.1 Å². The zero-order chi connectivity index (χ0) is 33.3. The molecule has 2 fully saturated rings. The normalized spacial score (nSPS) is 19.2. The molecule has 13 nitrogen and oxygen atoms in total. The first kappa shape index (κ1) is 34.6. The van der Waals surface area contributed by atoms with E-state index in [1.165, 1.54) is 4.90 Å². The summed E-state index contributed by atoms with van der Waals surface area (Å²) in [5, 5.41) is 16.2. The van der Waals surface area contributed by atoms with Crippen LogP contribution >= 0.6 is 0 Å². The minimum Gasteiger partial charge on any atom is -0.460 e. The van der Waals surface area contributed by atoms with Crippen molar-refractivity contribution in [2.75, 3.05) is 38.1 Å². The zero-order valence-corrected chi connectivity index (χ0v) is 27.2. The molecule has 1 aromatic heterocycles. The first-order valence-corrected chi connectivity index (χ1v) is 16.0. The second-order valence-electron chi connectivity index (χ2n) is 12.6. The fraction of sp³-hybridized carbons (Fsp3) is 0.576. The van der Waals surface area contributed by atoms with Gasteiger partial charge in [-0.1, -0.05) is 30.3 Å². The molecule has 0 radical (unpaired) electrons. The number of benzene rings is 1. The van der Waals surface area contributed by atoms with E-state index >= 15 is 0 Å². The zero-order valence-electron chi connectivity index (χ0n) is 27.2. The molecule has 2 aromatic rings. The van der Waals surface area contributed by atoms with E-state index in [-0.39, 0.29) is 69.4 Å². The number of nitrogens with zero attached hydrogens (tertiary/aromatic N) is 4. The van der Waals surface area contributed by atoms with Crippen molar-refractivity contribution in [2.24, 2.45) is 0 Å². The molecule has 1 saturated heterocycles. The molecule has 4 rings (SSSR count). The van der Waals surface area contributed by atoms with Crippen molar-refractivity contribution in [2.45, 2.75) is 90.0 Å². The molecule has 3 amide bonds. The number of carbonyl (C=O) groups is 4.